The van der Waals surface area contributed by atoms with Gasteiger partial charge in [0.15, 0.2) is 0 Å². The molecule has 0 spiro atoms. The number of hydrogen-bond acceptors (Lipinski definition) is 4. The maximum atomic E-state index is 12.6. The average Bonchev–Trinajstić information content (AvgIpc) is 3.40. The molecule has 1 aliphatic carbocycles. The highest BCUT2D eigenvalue weighted by Crippen LogP contribution is 2.37. The maximum Gasteiger partial charge on any atom is 0.413 e. The van der Waals surface area contributed by atoms with Gasteiger partial charge in [0.1, 0.15) is 11.3 Å². The molecule has 0 saturated heterocycles. The standard InChI is InChI=1S/C19H23N3O3/c1-3-22(4-2)17(23)19(10-11-19)21-18(24)25-16-9-5-7-14-13-20-12-6-8-15(14)16/h5-9,12-13,20H,3-4,10-11H2,1-2H3,(H,21,24). The Morgan fingerprint density at radius 1 is 1.28 bits per heavy atom. The lowest BCUT2D eigenvalue weighted by Crippen LogP contribution is -2.51. The Morgan fingerprint density at radius 3 is 2.72 bits per heavy atom. The molecule has 1 fully saturated rings. The van der Waals surface area contributed by atoms with Crippen molar-refractivity contribution in [1.82, 2.24) is 15.5 Å². The highest BCUT2D eigenvalue weighted by Gasteiger charge is 2.53. The van der Waals surface area contributed by atoms with Gasteiger partial charge in [0.05, 0.1) is 0 Å². The van der Waals surface area contributed by atoms with Crippen molar-refractivity contribution in [3.63, 3.8) is 0 Å². The number of rotatable bonds is 5. The molecule has 0 radical (unpaired) electrons. The first-order valence-corrected chi connectivity index (χ1v) is 8.61. The van der Waals surface area contributed by atoms with Crippen molar-refractivity contribution in [2.75, 3.05) is 13.1 Å². The van der Waals surface area contributed by atoms with E-state index in [1.807, 2.05) is 44.3 Å². The predicted molar refractivity (Wildman–Crippen MR) is 96.0 cm³/mol. The number of nitrogens with zero attached hydrogens (tertiary/aromatic N) is 1. The van der Waals surface area contributed by atoms with Crippen molar-refractivity contribution in [1.29, 1.82) is 0 Å². The Labute approximate surface area is 146 Å². The number of likely N-dealkylation sites (N-methyl/N-ethyl adjacent to an activating group) is 1. The second kappa shape index (κ2) is 7.01. The van der Waals surface area contributed by atoms with Crippen LogP contribution >= 0.6 is 0 Å². The van der Waals surface area contributed by atoms with Crippen LogP contribution in [0.15, 0.2) is 30.5 Å². The van der Waals surface area contributed by atoms with Gasteiger partial charge in [-0.25, -0.2) is 4.79 Å². The number of carbonyl (C=O) groups is 2. The monoisotopic (exact) mass is 341 g/mol. The minimum Gasteiger partial charge on any atom is -0.410 e. The fraction of sp³-hybridized carbons (Fsp3) is 0.368. The zero-order valence-electron chi connectivity index (χ0n) is 14.5. The van der Waals surface area contributed by atoms with Crippen molar-refractivity contribution in [2.45, 2.75) is 32.2 Å². The van der Waals surface area contributed by atoms with Crippen molar-refractivity contribution in [2.24, 2.45) is 0 Å². The molecule has 25 heavy (non-hydrogen) atoms. The molecule has 3 rings (SSSR count). The number of benzene rings is 1. The van der Waals surface area contributed by atoms with Gasteiger partial charge in [0.25, 0.3) is 0 Å². The van der Waals surface area contributed by atoms with Gasteiger partial charge in [0.2, 0.25) is 5.91 Å². The topological polar surface area (TPSA) is 70.7 Å². The number of amides is 2. The third-order valence-electron chi connectivity index (χ3n) is 4.55. The highest BCUT2D eigenvalue weighted by atomic mass is 16.6. The van der Waals surface area contributed by atoms with Crippen LogP contribution in [0.5, 0.6) is 5.75 Å². The van der Waals surface area contributed by atoms with E-state index in [9.17, 15) is 9.59 Å². The summed E-state index contributed by atoms with van der Waals surface area (Å²) in [6.45, 7) is 5.13. The van der Waals surface area contributed by atoms with E-state index < -0.39 is 11.6 Å². The fourth-order valence-electron chi connectivity index (χ4n) is 2.94. The van der Waals surface area contributed by atoms with Crippen LogP contribution in [0.25, 0.3) is 12.3 Å². The largest absolute Gasteiger partial charge is 0.413 e. The molecule has 6 heteroatoms. The summed E-state index contributed by atoms with van der Waals surface area (Å²) < 4.78 is 5.51. The van der Waals surface area contributed by atoms with Crippen molar-refractivity contribution >= 4 is 24.3 Å². The van der Waals surface area contributed by atoms with E-state index in [1.54, 1.807) is 17.2 Å². The van der Waals surface area contributed by atoms with Crippen LogP contribution in [0, 0.1) is 0 Å². The van der Waals surface area contributed by atoms with E-state index in [0.717, 1.165) is 10.4 Å². The molecule has 2 amide bonds. The van der Waals surface area contributed by atoms with Gasteiger partial charge in [-0.05, 0) is 44.9 Å². The van der Waals surface area contributed by atoms with E-state index in [0.29, 0.717) is 31.7 Å². The molecule has 1 saturated carbocycles. The lowest BCUT2D eigenvalue weighted by molar-refractivity contribution is -0.134. The summed E-state index contributed by atoms with van der Waals surface area (Å²) in [6.07, 6.45) is 8.06. The molecule has 132 valence electrons. The lowest BCUT2D eigenvalue weighted by atomic mass is 10.2. The van der Waals surface area contributed by atoms with E-state index in [-0.39, 0.29) is 5.91 Å². The zero-order valence-corrected chi connectivity index (χ0v) is 14.5. The normalized spacial score (nSPS) is 16.2. The molecule has 0 bridgehead atoms. The number of fused-ring (bicyclic) bond motifs is 1. The molecule has 2 N–H and O–H groups in total. The van der Waals surface area contributed by atoms with Crippen LogP contribution in [-0.2, 0) is 4.79 Å². The molecular weight excluding hydrogens is 318 g/mol. The van der Waals surface area contributed by atoms with E-state index in [2.05, 4.69) is 10.6 Å². The van der Waals surface area contributed by atoms with Gasteiger partial charge < -0.3 is 20.3 Å². The number of nitrogens with one attached hydrogen (secondary N) is 2. The zero-order chi connectivity index (χ0) is 17.9. The molecule has 1 aromatic carbocycles. The van der Waals surface area contributed by atoms with Crippen LogP contribution in [0.1, 0.15) is 26.7 Å². The minimum atomic E-state index is -0.799. The smallest absolute Gasteiger partial charge is 0.410 e. The number of ether oxygens (including phenoxy) is 1. The maximum absolute atomic E-state index is 12.6. The Kier molecular flexibility index (Phi) is 4.79. The molecule has 1 heterocycles. The van der Waals surface area contributed by atoms with Crippen LogP contribution in [0.4, 0.5) is 4.79 Å². The highest BCUT2D eigenvalue weighted by molar-refractivity contribution is 5.93. The van der Waals surface area contributed by atoms with E-state index >= 15 is 0 Å². The SMILES string of the molecule is CCN(CC)C(=O)C1(NC(=O)Oc2cccc3c2=CC=CNC=3)CC1. The van der Waals surface area contributed by atoms with Gasteiger partial charge in [-0.15, -0.1) is 0 Å². The van der Waals surface area contributed by atoms with Gasteiger partial charge >= 0.3 is 6.09 Å². The van der Waals surface area contributed by atoms with Crippen LogP contribution < -0.4 is 25.8 Å². The first kappa shape index (κ1) is 17.1. The molecule has 0 unspecified atom stereocenters. The minimum absolute atomic E-state index is 0.0339. The lowest BCUT2D eigenvalue weighted by Gasteiger charge is -2.25. The number of allylic oxidation sites excluding steroid dienone is 1. The average molecular weight is 341 g/mol. The molecule has 0 aromatic heterocycles. The first-order valence-electron chi connectivity index (χ1n) is 8.61. The molecule has 6 nitrogen and oxygen atoms in total. The van der Waals surface area contributed by atoms with Crippen molar-refractivity contribution < 1.29 is 14.3 Å². The van der Waals surface area contributed by atoms with Gasteiger partial charge in [-0.2, -0.15) is 0 Å². The van der Waals surface area contributed by atoms with Crippen LogP contribution in [0.3, 0.4) is 0 Å². The summed E-state index contributed by atoms with van der Waals surface area (Å²) in [6, 6.07) is 5.50. The second-order valence-electron chi connectivity index (χ2n) is 6.17. The summed E-state index contributed by atoms with van der Waals surface area (Å²) in [4.78, 5) is 26.7. The summed E-state index contributed by atoms with van der Waals surface area (Å²) >= 11 is 0. The molecule has 2 aliphatic rings. The number of carbonyl (C=O) groups excluding carboxylic acids is 2. The summed E-state index contributed by atoms with van der Waals surface area (Å²) in [5.41, 5.74) is -0.799. The van der Waals surface area contributed by atoms with Crippen molar-refractivity contribution in [3.05, 3.63) is 40.9 Å². The Bertz CT molecular complexity index is 821. The number of hydrogen-bond donors (Lipinski definition) is 2. The Morgan fingerprint density at radius 2 is 2.04 bits per heavy atom. The Hall–Kier alpha value is -2.76. The van der Waals surface area contributed by atoms with Gasteiger partial charge in [-0.1, -0.05) is 12.1 Å². The predicted octanol–water partition coefficient (Wildman–Crippen LogP) is 0.811. The third-order valence-corrected chi connectivity index (χ3v) is 4.55. The summed E-state index contributed by atoms with van der Waals surface area (Å²) in [5, 5.41) is 7.55. The van der Waals surface area contributed by atoms with Crippen LogP contribution in [0.2, 0.25) is 0 Å². The van der Waals surface area contributed by atoms with E-state index in [1.165, 1.54) is 0 Å². The molecule has 0 atom stereocenters. The summed E-state index contributed by atoms with van der Waals surface area (Å²) in [7, 11) is 0. The van der Waals surface area contributed by atoms with E-state index in [4.69, 9.17) is 4.74 Å². The quantitative estimate of drug-likeness (QED) is 0.832. The molecular formula is C19H23N3O3. The van der Waals surface area contributed by atoms with Gasteiger partial charge in [0, 0.05) is 35.9 Å². The Balaban J connectivity index is 1.76. The second-order valence-corrected chi connectivity index (χ2v) is 6.17. The fourth-order valence-corrected chi connectivity index (χ4v) is 2.94. The summed E-state index contributed by atoms with van der Waals surface area (Å²) in [5.74, 6) is 0.430. The first-order chi connectivity index (χ1) is 12.1. The molecule has 1 aliphatic heterocycles. The van der Waals surface area contributed by atoms with Crippen LogP contribution in [-0.4, -0.2) is 35.5 Å². The molecule has 1 aromatic rings. The van der Waals surface area contributed by atoms with Gasteiger partial charge in [-0.3, -0.25) is 4.79 Å². The van der Waals surface area contributed by atoms with Crippen molar-refractivity contribution in [3.8, 4) is 5.75 Å². The third kappa shape index (κ3) is 3.52.